The fraction of sp³-hybridized carbons (Fsp3) is 0.412. The predicted octanol–water partition coefficient (Wildman–Crippen LogP) is 2.59. The number of fused-ring (bicyclic) bond motifs is 1. The number of carboxylic acid groups (broad SMARTS) is 1. The molecule has 0 fully saturated rings. The zero-order valence-corrected chi connectivity index (χ0v) is 14.1. The van der Waals surface area contributed by atoms with Gasteiger partial charge in [-0.25, -0.2) is 4.79 Å². The van der Waals surface area contributed by atoms with Crippen LogP contribution in [0, 0.1) is 0 Å². The van der Waals surface area contributed by atoms with E-state index in [1.165, 1.54) is 0 Å². The first-order chi connectivity index (χ1) is 10.6. The van der Waals surface area contributed by atoms with Crippen molar-refractivity contribution in [3.63, 3.8) is 0 Å². The summed E-state index contributed by atoms with van der Waals surface area (Å²) in [6.45, 7) is 7.62. The van der Waals surface area contributed by atoms with E-state index in [1.807, 2.05) is 27.7 Å². The number of hydrogen-bond acceptors (Lipinski definition) is 3. The van der Waals surface area contributed by atoms with Crippen LogP contribution in [0.2, 0.25) is 0 Å². The van der Waals surface area contributed by atoms with Gasteiger partial charge in [-0.15, -0.1) is 0 Å². The number of carboxylic acids is 1. The van der Waals surface area contributed by atoms with Crippen LogP contribution in [0.25, 0.3) is 10.9 Å². The summed E-state index contributed by atoms with van der Waals surface area (Å²) in [5, 5.41) is 16.0. The largest absolute Gasteiger partial charge is 0.477 e. The number of aromatic carboxylic acids is 1. The average molecular weight is 317 g/mol. The Bertz CT molecular complexity index is 760. The first-order valence-corrected chi connectivity index (χ1v) is 7.54. The molecule has 0 saturated carbocycles. The summed E-state index contributed by atoms with van der Waals surface area (Å²) in [5.74, 6) is -1.11. The van der Waals surface area contributed by atoms with E-state index in [-0.39, 0.29) is 17.6 Å². The lowest BCUT2D eigenvalue weighted by atomic mass is 10.0. The number of amides is 1. The number of rotatable bonds is 5. The molecule has 124 valence electrons. The molecule has 2 rings (SSSR count). The molecule has 1 aromatic heterocycles. The quantitative estimate of drug-likeness (QED) is 0.791. The van der Waals surface area contributed by atoms with Crippen molar-refractivity contribution in [1.82, 2.24) is 9.88 Å². The highest BCUT2D eigenvalue weighted by Gasteiger charge is 2.28. The predicted molar refractivity (Wildman–Crippen MR) is 90.9 cm³/mol. The molecule has 0 aliphatic carbocycles. The minimum atomic E-state index is -0.975. The van der Waals surface area contributed by atoms with E-state index in [0.717, 1.165) is 10.9 Å². The number of hydrogen-bond donors (Lipinski definition) is 3. The standard InChI is InChI=1S/C17H23N3O3/c1-10(2)19-17(3,4)16(23)18-12-6-7-13-11(8-12)9-14(15(21)22)20(13)5/h6-10,19H,1-5H3,(H,18,23)(H,21,22). The van der Waals surface area contributed by atoms with Crippen LogP contribution in [-0.2, 0) is 11.8 Å². The van der Waals surface area contributed by atoms with Gasteiger partial charge in [-0.2, -0.15) is 0 Å². The van der Waals surface area contributed by atoms with Crippen molar-refractivity contribution in [1.29, 1.82) is 0 Å². The van der Waals surface area contributed by atoms with Gasteiger partial charge >= 0.3 is 5.97 Å². The van der Waals surface area contributed by atoms with Crippen LogP contribution in [0.4, 0.5) is 5.69 Å². The second-order valence-corrected chi connectivity index (χ2v) is 6.55. The van der Waals surface area contributed by atoms with Gasteiger partial charge in [0.05, 0.1) is 5.54 Å². The Morgan fingerprint density at radius 2 is 1.87 bits per heavy atom. The Kier molecular flexibility index (Phi) is 4.47. The first-order valence-electron chi connectivity index (χ1n) is 7.54. The number of nitrogens with one attached hydrogen (secondary N) is 2. The van der Waals surface area contributed by atoms with E-state index in [1.54, 1.807) is 35.9 Å². The van der Waals surface area contributed by atoms with Crippen molar-refractivity contribution in [2.75, 3.05) is 5.32 Å². The monoisotopic (exact) mass is 317 g/mol. The fourth-order valence-electron chi connectivity index (χ4n) is 2.71. The molecule has 0 saturated heterocycles. The van der Waals surface area contributed by atoms with Crippen LogP contribution in [0.3, 0.4) is 0 Å². The molecule has 0 atom stereocenters. The van der Waals surface area contributed by atoms with E-state index in [9.17, 15) is 14.7 Å². The number of benzene rings is 1. The molecular weight excluding hydrogens is 294 g/mol. The third-order valence-corrected chi connectivity index (χ3v) is 3.74. The molecule has 0 aliphatic rings. The van der Waals surface area contributed by atoms with Crippen LogP contribution in [0.15, 0.2) is 24.3 Å². The number of aryl methyl sites for hydroxylation is 1. The van der Waals surface area contributed by atoms with Crippen molar-refractivity contribution < 1.29 is 14.7 Å². The Morgan fingerprint density at radius 3 is 2.43 bits per heavy atom. The van der Waals surface area contributed by atoms with Gasteiger partial charge in [0, 0.05) is 29.7 Å². The van der Waals surface area contributed by atoms with Crippen LogP contribution in [-0.4, -0.2) is 33.1 Å². The first kappa shape index (κ1) is 17.0. The number of carbonyl (C=O) groups is 2. The molecule has 2 aromatic rings. The Labute approximate surface area is 135 Å². The van der Waals surface area contributed by atoms with Gasteiger partial charge in [-0.05, 0) is 52.0 Å². The number of nitrogens with zero attached hydrogens (tertiary/aromatic N) is 1. The van der Waals surface area contributed by atoms with Gasteiger partial charge in [0.1, 0.15) is 5.69 Å². The van der Waals surface area contributed by atoms with E-state index < -0.39 is 11.5 Å². The van der Waals surface area contributed by atoms with E-state index in [0.29, 0.717) is 5.69 Å². The maximum absolute atomic E-state index is 12.4. The van der Waals surface area contributed by atoms with E-state index >= 15 is 0 Å². The van der Waals surface area contributed by atoms with Gasteiger partial charge in [0.25, 0.3) is 0 Å². The van der Waals surface area contributed by atoms with Crippen LogP contribution in [0.1, 0.15) is 38.2 Å². The molecule has 1 aromatic carbocycles. The number of anilines is 1. The minimum Gasteiger partial charge on any atom is -0.477 e. The molecule has 0 aliphatic heterocycles. The second-order valence-electron chi connectivity index (χ2n) is 6.55. The lowest BCUT2D eigenvalue weighted by molar-refractivity contribution is -0.121. The van der Waals surface area contributed by atoms with Crippen molar-refractivity contribution >= 4 is 28.5 Å². The van der Waals surface area contributed by atoms with E-state index in [2.05, 4.69) is 10.6 Å². The molecule has 3 N–H and O–H groups in total. The van der Waals surface area contributed by atoms with Gasteiger partial charge in [-0.1, -0.05) is 0 Å². The molecule has 0 spiro atoms. The number of carbonyl (C=O) groups excluding carboxylic acids is 1. The molecule has 1 amide bonds. The van der Waals surface area contributed by atoms with Crippen molar-refractivity contribution in [3.8, 4) is 0 Å². The SMILES string of the molecule is CC(C)NC(C)(C)C(=O)Nc1ccc2c(c1)cc(C(=O)O)n2C. The molecule has 0 bridgehead atoms. The molecule has 6 nitrogen and oxygen atoms in total. The van der Waals surface area contributed by atoms with Crippen molar-refractivity contribution in [2.24, 2.45) is 7.05 Å². The maximum atomic E-state index is 12.4. The third-order valence-electron chi connectivity index (χ3n) is 3.74. The summed E-state index contributed by atoms with van der Waals surface area (Å²) in [6, 6.07) is 7.15. The normalized spacial score (nSPS) is 11.9. The van der Waals surface area contributed by atoms with Gasteiger partial charge in [-0.3, -0.25) is 4.79 Å². The Balaban J connectivity index is 2.28. The second kappa shape index (κ2) is 6.04. The highest BCUT2D eigenvalue weighted by molar-refractivity contribution is 6.00. The maximum Gasteiger partial charge on any atom is 0.352 e. The van der Waals surface area contributed by atoms with E-state index in [4.69, 9.17) is 0 Å². The summed E-state index contributed by atoms with van der Waals surface area (Å²) in [4.78, 5) is 23.6. The number of aromatic nitrogens is 1. The lowest BCUT2D eigenvalue weighted by Crippen LogP contribution is -2.52. The molecule has 1 heterocycles. The summed E-state index contributed by atoms with van der Waals surface area (Å²) >= 11 is 0. The van der Waals surface area contributed by atoms with Crippen LogP contribution in [0.5, 0.6) is 0 Å². The highest BCUT2D eigenvalue weighted by atomic mass is 16.4. The fourth-order valence-corrected chi connectivity index (χ4v) is 2.71. The molecule has 23 heavy (non-hydrogen) atoms. The zero-order valence-electron chi connectivity index (χ0n) is 14.1. The van der Waals surface area contributed by atoms with Crippen molar-refractivity contribution in [3.05, 3.63) is 30.0 Å². The van der Waals surface area contributed by atoms with Crippen LogP contribution < -0.4 is 10.6 Å². The summed E-state index contributed by atoms with van der Waals surface area (Å²) in [6.07, 6.45) is 0. The third kappa shape index (κ3) is 3.53. The highest BCUT2D eigenvalue weighted by Crippen LogP contribution is 2.23. The average Bonchev–Trinajstić information content (AvgIpc) is 2.74. The Morgan fingerprint density at radius 1 is 1.22 bits per heavy atom. The van der Waals surface area contributed by atoms with Gasteiger partial charge < -0.3 is 20.3 Å². The lowest BCUT2D eigenvalue weighted by Gasteiger charge is -2.27. The molecule has 0 radical (unpaired) electrons. The zero-order chi connectivity index (χ0) is 17.4. The molecule has 0 unspecified atom stereocenters. The van der Waals surface area contributed by atoms with Crippen LogP contribution >= 0.6 is 0 Å². The summed E-state index contributed by atoms with van der Waals surface area (Å²) in [5.41, 5.74) is 0.959. The molecular formula is C17H23N3O3. The molecule has 6 heteroatoms. The summed E-state index contributed by atoms with van der Waals surface area (Å²) in [7, 11) is 1.71. The van der Waals surface area contributed by atoms with Gasteiger partial charge in [0.2, 0.25) is 5.91 Å². The minimum absolute atomic E-state index is 0.139. The Hall–Kier alpha value is -2.34. The van der Waals surface area contributed by atoms with Crippen molar-refractivity contribution in [2.45, 2.75) is 39.3 Å². The smallest absolute Gasteiger partial charge is 0.352 e. The topological polar surface area (TPSA) is 83.4 Å². The van der Waals surface area contributed by atoms with Gasteiger partial charge in [0.15, 0.2) is 0 Å². The summed E-state index contributed by atoms with van der Waals surface area (Å²) < 4.78 is 1.62.